The molecule has 1 aliphatic rings. The van der Waals surface area contributed by atoms with E-state index in [4.69, 9.17) is 0 Å². The van der Waals surface area contributed by atoms with Gasteiger partial charge in [-0.15, -0.1) is 0 Å². The second-order valence-corrected chi connectivity index (χ2v) is 7.51. The summed E-state index contributed by atoms with van der Waals surface area (Å²) in [5, 5.41) is 7.47. The lowest BCUT2D eigenvalue weighted by atomic mass is 10.1. The molecule has 0 bridgehead atoms. The molecule has 0 atom stereocenters. The van der Waals surface area contributed by atoms with Gasteiger partial charge in [0.1, 0.15) is 0 Å². The van der Waals surface area contributed by atoms with E-state index in [0.29, 0.717) is 6.54 Å². The molecule has 6 heteroatoms. The molecule has 2 rings (SSSR count). The molecule has 1 aliphatic heterocycles. The zero-order valence-electron chi connectivity index (χ0n) is 16.9. The maximum absolute atomic E-state index is 11.6. The first-order valence-electron chi connectivity index (χ1n) is 9.37. The van der Waals surface area contributed by atoms with Gasteiger partial charge < -0.3 is 10.2 Å². The number of hydrogen-bond donors (Lipinski definition) is 1. The summed E-state index contributed by atoms with van der Waals surface area (Å²) >= 11 is 0. The van der Waals surface area contributed by atoms with Gasteiger partial charge in [0.15, 0.2) is 0 Å². The minimum Gasteiger partial charge on any atom is -0.332 e. The van der Waals surface area contributed by atoms with E-state index >= 15 is 0 Å². The molecule has 2 heterocycles. The van der Waals surface area contributed by atoms with Crippen LogP contribution >= 0.6 is 0 Å². The Morgan fingerprint density at radius 1 is 1.27 bits per heavy atom. The molecule has 0 radical (unpaired) electrons. The number of carbonyl (C=O) groups is 1. The molecule has 1 aromatic rings. The maximum Gasteiger partial charge on any atom is 0.317 e. The Bertz CT molecular complexity index is 668. The molecule has 144 valence electrons. The molecule has 0 unspecified atom stereocenters. The van der Waals surface area contributed by atoms with Gasteiger partial charge in [-0.25, -0.2) is 4.79 Å². The summed E-state index contributed by atoms with van der Waals surface area (Å²) in [4.78, 5) is 15.6. The average molecular weight is 360 g/mol. The molecule has 26 heavy (non-hydrogen) atoms. The van der Waals surface area contributed by atoms with Crippen LogP contribution < -0.4 is 5.32 Å². The Kier molecular flexibility index (Phi) is 7.45. The van der Waals surface area contributed by atoms with E-state index in [2.05, 4.69) is 59.0 Å². The van der Waals surface area contributed by atoms with Crippen molar-refractivity contribution in [2.45, 2.75) is 53.2 Å². The number of urea groups is 1. The predicted octanol–water partition coefficient (Wildman–Crippen LogP) is 3.16. The van der Waals surface area contributed by atoms with Crippen molar-refractivity contribution < 1.29 is 4.79 Å². The number of carbonyl (C=O) groups excluding carboxylic acids is 1. The zero-order chi connectivity index (χ0) is 19.1. The van der Waals surface area contributed by atoms with Crippen molar-refractivity contribution in [1.29, 1.82) is 0 Å². The summed E-state index contributed by atoms with van der Waals surface area (Å²) < 4.78 is 2.07. The first kappa shape index (κ1) is 20.2. The lowest BCUT2D eigenvalue weighted by molar-refractivity contribution is 0.216. The van der Waals surface area contributed by atoms with Crippen LogP contribution in [-0.4, -0.2) is 52.8 Å². The van der Waals surface area contributed by atoms with Gasteiger partial charge in [0.25, 0.3) is 0 Å². The fraction of sp³-hybridized carbons (Fsp3) is 0.600. The van der Waals surface area contributed by atoms with Crippen LogP contribution in [0.4, 0.5) is 4.79 Å². The van der Waals surface area contributed by atoms with E-state index in [1.807, 2.05) is 0 Å². The molecular weight excluding hydrogens is 326 g/mol. The quantitative estimate of drug-likeness (QED) is 0.761. The summed E-state index contributed by atoms with van der Waals surface area (Å²) in [6.07, 6.45) is 6.91. The van der Waals surface area contributed by atoms with E-state index < -0.39 is 0 Å². The summed E-state index contributed by atoms with van der Waals surface area (Å²) in [5.74, 6) is 0. The van der Waals surface area contributed by atoms with Crippen molar-refractivity contribution in [3.8, 4) is 0 Å². The standard InChI is InChI=1S/C20H33N5O/c1-16(2)7-6-8-17(3)9-10-24-11-12-25-19(15-24)13-18(22-25)14-21-20(26)23(4)5/h7,9,13H,6,8,10-12,14-15H2,1-5H3,(H,21,26)/b17-9+. The lowest BCUT2D eigenvalue weighted by Crippen LogP contribution is -2.34. The lowest BCUT2D eigenvalue weighted by Gasteiger charge is -2.26. The molecule has 1 aromatic heterocycles. The molecule has 0 saturated heterocycles. The molecule has 0 fully saturated rings. The van der Waals surface area contributed by atoms with Gasteiger partial charge in [-0.05, 0) is 39.7 Å². The van der Waals surface area contributed by atoms with Crippen molar-refractivity contribution in [2.75, 3.05) is 27.2 Å². The van der Waals surface area contributed by atoms with Crippen LogP contribution in [-0.2, 0) is 19.6 Å². The van der Waals surface area contributed by atoms with Crippen LogP contribution in [0.2, 0.25) is 0 Å². The third-order valence-corrected chi connectivity index (χ3v) is 4.54. The molecule has 0 aromatic carbocycles. The minimum atomic E-state index is -0.0914. The number of aromatic nitrogens is 2. The Morgan fingerprint density at radius 3 is 2.73 bits per heavy atom. The number of nitrogens with zero attached hydrogens (tertiary/aromatic N) is 4. The van der Waals surface area contributed by atoms with Crippen LogP contribution in [0.15, 0.2) is 29.4 Å². The van der Waals surface area contributed by atoms with E-state index in [9.17, 15) is 4.79 Å². The van der Waals surface area contributed by atoms with Crippen LogP contribution in [0.1, 0.15) is 45.0 Å². The van der Waals surface area contributed by atoms with Crippen molar-refractivity contribution in [1.82, 2.24) is 24.9 Å². The number of nitrogens with one attached hydrogen (secondary N) is 1. The number of rotatable bonds is 7. The largest absolute Gasteiger partial charge is 0.332 e. The highest BCUT2D eigenvalue weighted by molar-refractivity contribution is 5.73. The second kappa shape index (κ2) is 9.57. The first-order valence-corrected chi connectivity index (χ1v) is 9.37. The fourth-order valence-corrected chi connectivity index (χ4v) is 2.92. The van der Waals surface area contributed by atoms with Crippen LogP contribution in [0.25, 0.3) is 0 Å². The van der Waals surface area contributed by atoms with Gasteiger partial charge in [-0.1, -0.05) is 23.3 Å². The van der Waals surface area contributed by atoms with Crippen LogP contribution in [0.5, 0.6) is 0 Å². The van der Waals surface area contributed by atoms with Crippen molar-refractivity contribution in [3.05, 3.63) is 40.8 Å². The Hall–Kier alpha value is -2.08. The number of amides is 2. The topological polar surface area (TPSA) is 53.4 Å². The Balaban J connectivity index is 1.83. The van der Waals surface area contributed by atoms with Gasteiger partial charge in [-0.2, -0.15) is 5.10 Å². The molecule has 2 amide bonds. The summed E-state index contributed by atoms with van der Waals surface area (Å²) in [7, 11) is 3.47. The third kappa shape index (κ3) is 6.33. The molecule has 1 N–H and O–H groups in total. The van der Waals surface area contributed by atoms with E-state index in [0.717, 1.165) is 44.7 Å². The molecule has 6 nitrogen and oxygen atoms in total. The van der Waals surface area contributed by atoms with Crippen molar-refractivity contribution >= 4 is 6.03 Å². The van der Waals surface area contributed by atoms with E-state index in [1.165, 1.54) is 21.7 Å². The molecule has 0 spiro atoms. The fourth-order valence-electron chi connectivity index (χ4n) is 2.92. The Morgan fingerprint density at radius 2 is 2.04 bits per heavy atom. The van der Waals surface area contributed by atoms with Crippen LogP contribution in [0, 0.1) is 0 Å². The molecular formula is C20H33N5O. The smallest absolute Gasteiger partial charge is 0.317 e. The van der Waals surface area contributed by atoms with Gasteiger partial charge in [0, 0.05) is 33.7 Å². The van der Waals surface area contributed by atoms with E-state index in [1.54, 1.807) is 14.1 Å². The van der Waals surface area contributed by atoms with Crippen LogP contribution in [0.3, 0.4) is 0 Å². The van der Waals surface area contributed by atoms with Crippen molar-refractivity contribution in [3.63, 3.8) is 0 Å². The number of allylic oxidation sites excluding steroid dienone is 3. The van der Waals surface area contributed by atoms with E-state index in [-0.39, 0.29) is 6.03 Å². The highest BCUT2D eigenvalue weighted by atomic mass is 16.2. The minimum absolute atomic E-state index is 0.0914. The van der Waals surface area contributed by atoms with Gasteiger partial charge in [0.2, 0.25) is 0 Å². The summed E-state index contributed by atoms with van der Waals surface area (Å²) in [6.45, 7) is 10.8. The van der Waals surface area contributed by atoms with Gasteiger partial charge >= 0.3 is 6.03 Å². The molecule has 0 aliphatic carbocycles. The normalized spacial score (nSPS) is 14.7. The van der Waals surface area contributed by atoms with Gasteiger partial charge in [-0.3, -0.25) is 9.58 Å². The SMILES string of the molecule is CC(C)=CCC/C(C)=C/CN1CCn2nc(CNC(=O)N(C)C)cc2C1. The highest BCUT2D eigenvalue weighted by Crippen LogP contribution is 2.15. The summed E-state index contributed by atoms with van der Waals surface area (Å²) in [5.41, 5.74) is 4.99. The average Bonchev–Trinajstić information content (AvgIpc) is 2.99. The first-order chi connectivity index (χ1) is 12.3. The third-order valence-electron chi connectivity index (χ3n) is 4.54. The predicted molar refractivity (Wildman–Crippen MR) is 106 cm³/mol. The van der Waals surface area contributed by atoms with Crippen molar-refractivity contribution in [2.24, 2.45) is 0 Å². The zero-order valence-corrected chi connectivity index (χ0v) is 16.9. The highest BCUT2D eigenvalue weighted by Gasteiger charge is 2.18. The number of hydrogen-bond acceptors (Lipinski definition) is 3. The summed E-state index contributed by atoms with van der Waals surface area (Å²) in [6, 6.07) is 2.01. The second-order valence-electron chi connectivity index (χ2n) is 7.51. The number of fused-ring (bicyclic) bond motifs is 1. The molecule has 0 saturated carbocycles. The van der Waals surface area contributed by atoms with Gasteiger partial charge in [0.05, 0.1) is 24.5 Å². The Labute approximate surface area is 157 Å². The monoisotopic (exact) mass is 359 g/mol. The maximum atomic E-state index is 11.6.